The van der Waals surface area contributed by atoms with Gasteiger partial charge in [0.25, 0.3) is 0 Å². The van der Waals surface area contributed by atoms with E-state index in [1.165, 1.54) is 49.0 Å². The van der Waals surface area contributed by atoms with Crippen LogP contribution in [-0.2, 0) is 0 Å². The van der Waals surface area contributed by atoms with Gasteiger partial charge in [-0.05, 0) is 75.2 Å². The molecule has 136 valence electrons. The molecule has 0 saturated carbocycles. The number of fused-ring (bicyclic) bond motifs is 4. The Balaban J connectivity index is 1.80. The zero-order valence-electron chi connectivity index (χ0n) is 16.5. The number of nitrogens with zero attached hydrogens (tertiary/aromatic N) is 1. The maximum atomic E-state index is 4.79. The van der Waals surface area contributed by atoms with Crippen LogP contribution in [0.5, 0.6) is 0 Å². The molecule has 1 heteroatoms. The molecule has 4 aromatic carbocycles. The number of pyridine rings is 1. The van der Waals surface area contributed by atoms with Crippen LogP contribution in [0.4, 0.5) is 0 Å². The highest BCUT2D eigenvalue weighted by Gasteiger charge is 2.11. The lowest BCUT2D eigenvalue weighted by molar-refractivity contribution is 0.869. The summed E-state index contributed by atoms with van der Waals surface area (Å²) in [7, 11) is 0. The first kappa shape index (κ1) is 16.9. The average Bonchev–Trinajstić information content (AvgIpc) is 2.72. The molecule has 0 aliphatic rings. The molecule has 0 radical (unpaired) electrons. The number of rotatable bonds is 2. The Bertz CT molecular complexity index is 1350. The van der Waals surface area contributed by atoms with E-state index in [0.29, 0.717) is 5.92 Å². The molecule has 1 nitrogen and oxygen atoms in total. The molecule has 0 aliphatic carbocycles. The quantitative estimate of drug-likeness (QED) is 0.294. The third kappa shape index (κ3) is 2.66. The zero-order valence-corrected chi connectivity index (χ0v) is 16.5. The third-order valence-corrected chi connectivity index (χ3v) is 5.77. The number of benzene rings is 4. The summed E-state index contributed by atoms with van der Waals surface area (Å²) in [6, 6.07) is 26.5. The Morgan fingerprint density at radius 3 is 2.32 bits per heavy atom. The van der Waals surface area contributed by atoms with Crippen molar-refractivity contribution in [3.63, 3.8) is 0 Å². The molecule has 0 N–H and O–H groups in total. The molecule has 5 aromatic rings. The molecule has 0 saturated heterocycles. The van der Waals surface area contributed by atoms with Crippen LogP contribution in [0.15, 0.2) is 79.0 Å². The van der Waals surface area contributed by atoms with E-state index in [-0.39, 0.29) is 0 Å². The maximum Gasteiger partial charge on any atom is 0.0780 e. The van der Waals surface area contributed by atoms with Gasteiger partial charge in [0.1, 0.15) is 0 Å². The second-order valence-corrected chi connectivity index (χ2v) is 7.97. The first-order valence-corrected chi connectivity index (χ1v) is 9.93. The van der Waals surface area contributed by atoms with Gasteiger partial charge in [0.05, 0.1) is 5.69 Å². The van der Waals surface area contributed by atoms with Crippen molar-refractivity contribution in [1.82, 2.24) is 4.98 Å². The molecule has 0 bridgehead atoms. The largest absolute Gasteiger partial charge is 0.256 e. The fourth-order valence-corrected chi connectivity index (χ4v) is 4.28. The smallest absolute Gasteiger partial charge is 0.0780 e. The summed E-state index contributed by atoms with van der Waals surface area (Å²) in [5.74, 6) is 0.502. The van der Waals surface area contributed by atoms with Gasteiger partial charge in [-0.1, -0.05) is 62.4 Å². The van der Waals surface area contributed by atoms with Crippen LogP contribution in [0.3, 0.4) is 0 Å². The molecule has 0 unspecified atom stereocenters. The predicted molar refractivity (Wildman–Crippen MR) is 121 cm³/mol. The molecule has 0 fully saturated rings. The fraction of sp³-hybridized carbons (Fsp3) is 0.148. The van der Waals surface area contributed by atoms with Crippen LogP contribution in [0, 0.1) is 6.92 Å². The van der Waals surface area contributed by atoms with Crippen molar-refractivity contribution in [3.8, 4) is 11.3 Å². The van der Waals surface area contributed by atoms with E-state index in [4.69, 9.17) is 4.98 Å². The summed E-state index contributed by atoms with van der Waals surface area (Å²) in [6.45, 7) is 6.69. The number of aryl methyl sites for hydroxylation is 1. The van der Waals surface area contributed by atoms with Crippen molar-refractivity contribution in [2.24, 2.45) is 0 Å². The Kier molecular flexibility index (Phi) is 3.91. The average molecular weight is 361 g/mol. The van der Waals surface area contributed by atoms with Crippen molar-refractivity contribution in [2.75, 3.05) is 0 Å². The van der Waals surface area contributed by atoms with Gasteiger partial charge < -0.3 is 0 Å². The molecular formula is C27H23N. The van der Waals surface area contributed by atoms with Crippen LogP contribution in [0.25, 0.3) is 43.6 Å². The van der Waals surface area contributed by atoms with Crippen LogP contribution in [-0.4, -0.2) is 4.98 Å². The number of aromatic nitrogens is 1. The van der Waals surface area contributed by atoms with Gasteiger partial charge in [-0.2, -0.15) is 0 Å². The van der Waals surface area contributed by atoms with Crippen molar-refractivity contribution < 1.29 is 0 Å². The third-order valence-electron chi connectivity index (χ3n) is 5.77. The molecule has 0 atom stereocenters. The summed E-state index contributed by atoms with van der Waals surface area (Å²) >= 11 is 0. The molecule has 0 aliphatic heterocycles. The molecule has 28 heavy (non-hydrogen) atoms. The molecular weight excluding hydrogens is 338 g/mol. The van der Waals surface area contributed by atoms with E-state index in [9.17, 15) is 0 Å². The highest BCUT2D eigenvalue weighted by Crippen LogP contribution is 2.35. The van der Waals surface area contributed by atoms with Crippen molar-refractivity contribution in [1.29, 1.82) is 0 Å². The van der Waals surface area contributed by atoms with Crippen molar-refractivity contribution >= 4 is 32.3 Å². The fourth-order valence-electron chi connectivity index (χ4n) is 4.28. The monoisotopic (exact) mass is 361 g/mol. The van der Waals surface area contributed by atoms with Gasteiger partial charge in [0, 0.05) is 17.1 Å². The maximum absolute atomic E-state index is 4.79. The lowest BCUT2D eigenvalue weighted by atomic mass is 9.93. The van der Waals surface area contributed by atoms with E-state index in [1.807, 2.05) is 6.20 Å². The normalized spacial score (nSPS) is 11.7. The van der Waals surface area contributed by atoms with E-state index in [0.717, 1.165) is 5.69 Å². The minimum absolute atomic E-state index is 0.502. The SMILES string of the molecule is Cc1cc(-c2nccc3ccc(C(C)C)cc23)cc2ccc3ccccc3c12. The van der Waals surface area contributed by atoms with Gasteiger partial charge >= 0.3 is 0 Å². The molecule has 0 amide bonds. The zero-order chi connectivity index (χ0) is 19.3. The van der Waals surface area contributed by atoms with E-state index in [1.54, 1.807) is 0 Å². The molecule has 1 aromatic heterocycles. The Hall–Kier alpha value is -3.19. The Morgan fingerprint density at radius 2 is 1.46 bits per heavy atom. The van der Waals surface area contributed by atoms with E-state index < -0.39 is 0 Å². The van der Waals surface area contributed by atoms with Gasteiger partial charge in [0.2, 0.25) is 0 Å². The van der Waals surface area contributed by atoms with Crippen molar-refractivity contribution in [2.45, 2.75) is 26.7 Å². The number of hydrogen-bond acceptors (Lipinski definition) is 1. The van der Waals surface area contributed by atoms with Crippen LogP contribution >= 0.6 is 0 Å². The molecule has 5 rings (SSSR count). The first-order chi connectivity index (χ1) is 13.6. The molecule has 0 spiro atoms. The Morgan fingerprint density at radius 1 is 0.714 bits per heavy atom. The minimum atomic E-state index is 0.502. The highest BCUT2D eigenvalue weighted by atomic mass is 14.7. The van der Waals surface area contributed by atoms with Gasteiger partial charge in [0.15, 0.2) is 0 Å². The lowest BCUT2D eigenvalue weighted by Gasteiger charge is -2.13. The topological polar surface area (TPSA) is 12.9 Å². The van der Waals surface area contributed by atoms with Crippen LogP contribution in [0.2, 0.25) is 0 Å². The van der Waals surface area contributed by atoms with Crippen LogP contribution < -0.4 is 0 Å². The standard InChI is InChI=1S/C27H23N/c1-17(2)21-10-8-20-12-13-28-27(25(20)16-21)23-14-18(3)26-22(15-23)11-9-19-6-4-5-7-24(19)26/h4-17H,1-3H3. The summed E-state index contributed by atoms with van der Waals surface area (Å²) in [4.78, 5) is 4.79. The van der Waals surface area contributed by atoms with E-state index in [2.05, 4.69) is 93.6 Å². The second-order valence-electron chi connectivity index (χ2n) is 7.97. The van der Waals surface area contributed by atoms with Crippen LogP contribution in [0.1, 0.15) is 30.9 Å². The van der Waals surface area contributed by atoms with Crippen molar-refractivity contribution in [3.05, 3.63) is 90.1 Å². The Labute approximate surface area is 165 Å². The number of hydrogen-bond donors (Lipinski definition) is 0. The summed E-state index contributed by atoms with van der Waals surface area (Å²) in [6.07, 6.45) is 1.92. The molecule has 1 heterocycles. The highest BCUT2D eigenvalue weighted by molar-refractivity contribution is 6.10. The summed E-state index contributed by atoms with van der Waals surface area (Å²) < 4.78 is 0. The second kappa shape index (κ2) is 6.45. The summed E-state index contributed by atoms with van der Waals surface area (Å²) in [5.41, 5.74) is 4.90. The van der Waals surface area contributed by atoms with Gasteiger partial charge in [-0.15, -0.1) is 0 Å². The summed E-state index contributed by atoms with van der Waals surface area (Å²) in [5, 5.41) is 7.68. The predicted octanol–water partition coefficient (Wildman–Crippen LogP) is 7.64. The first-order valence-electron chi connectivity index (χ1n) is 9.93. The minimum Gasteiger partial charge on any atom is -0.256 e. The van der Waals surface area contributed by atoms with Gasteiger partial charge in [-0.25, -0.2) is 0 Å². The van der Waals surface area contributed by atoms with Gasteiger partial charge in [-0.3, -0.25) is 4.98 Å². The lowest BCUT2D eigenvalue weighted by Crippen LogP contribution is -1.92. The van der Waals surface area contributed by atoms with E-state index >= 15 is 0 Å².